The van der Waals surface area contributed by atoms with Crippen LogP contribution in [0.3, 0.4) is 0 Å². The standard InChI is InChI=1S/C17H20N6.CH4O4S/c1-10-7-14(18)13-9-12(5-6-15(13)22(10)3)20-16-8-11(2)23(4)17(19)21-16;1-5-6(2,3)4/h5-9,18H,1-4H3,(H2,19,20,21);1H3,(H,2,3,4)/p+1. The number of aryl methyl sites for hydroxylation is 3. The molecule has 5 N–H and O–H groups in total. The average Bonchev–Trinajstić information content (AvgIpc) is 2.64. The highest BCUT2D eigenvalue weighted by Crippen LogP contribution is 2.24. The number of fused-ring (bicyclic) bond motifs is 1. The molecule has 156 valence electrons. The van der Waals surface area contributed by atoms with Gasteiger partial charge in [0.05, 0.1) is 30.9 Å². The summed E-state index contributed by atoms with van der Waals surface area (Å²) in [5.41, 5.74) is 17.0. The maximum absolute atomic E-state index is 9.22. The molecule has 0 saturated carbocycles. The van der Waals surface area contributed by atoms with Gasteiger partial charge in [-0.3, -0.25) is 9.92 Å². The summed E-state index contributed by atoms with van der Waals surface area (Å²) < 4.78 is 35.0. The lowest BCUT2D eigenvalue weighted by Gasteiger charge is -2.08. The first kappa shape index (κ1) is 22.3. The van der Waals surface area contributed by atoms with Gasteiger partial charge in [0, 0.05) is 30.8 Å². The molecule has 0 aliphatic heterocycles. The molecule has 0 bridgehead atoms. The van der Waals surface area contributed by atoms with E-state index in [1.165, 1.54) is 0 Å². The van der Waals surface area contributed by atoms with Crippen molar-refractivity contribution in [3.05, 3.63) is 41.7 Å². The van der Waals surface area contributed by atoms with E-state index < -0.39 is 10.4 Å². The fourth-order valence-corrected chi connectivity index (χ4v) is 2.65. The van der Waals surface area contributed by atoms with Gasteiger partial charge >= 0.3 is 5.95 Å². The molecule has 2 heterocycles. The zero-order valence-corrected chi connectivity index (χ0v) is 17.7. The van der Waals surface area contributed by atoms with Crippen molar-refractivity contribution in [2.45, 2.75) is 13.8 Å². The maximum Gasteiger partial charge on any atom is 0.391 e. The summed E-state index contributed by atoms with van der Waals surface area (Å²) in [7, 11) is 0.320. The Labute approximate surface area is 169 Å². The number of hydrogen-bond acceptors (Lipinski definition) is 8. The topological polar surface area (TPSA) is 151 Å². The predicted octanol–water partition coefficient (Wildman–Crippen LogP) is 0.502. The first-order valence-electron chi connectivity index (χ1n) is 8.53. The summed E-state index contributed by atoms with van der Waals surface area (Å²) in [6, 6.07) is 10.0. The quantitative estimate of drug-likeness (QED) is 0.314. The molecule has 0 aliphatic carbocycles. The third-order valence-corrected chi connectivity index (χ3v) is 4.90. The molecule has 3 rings (SSSR count). The number of nitrogens with zero attached hydrogens (tertiary/aromatic N) is 3. The monoisotopic (exact) mass is 421 g/mol. The summed E-state index contributed by atoms with van der Waals surface area (Å²) in [4.78, 5) is 4.36. The first-order chi connectivity index (χ1) is 13.4. The van der Waals surface area contributed by atoms with Crippen LogP contribution in [0.25, 0.3) is 10.9 Å². The van der Waals surface area contributed by atoms with Crippen molar-refractivity contribution in [3.63, 3.8) is 0 Å². The van der Waals surface area contributed by atoms with Crippen molar-refractivity contribution < 1.29 is 26.3 Å². The number of nitrogens with two attached hydrogens (primary N) is 2. The molecule has 0 spiro atoms. The lowest BCUT2D eigenvalue weighted by Crippen LogP contribution is -2.36. The van der Waals surface area contributed by atoms with Gasteiger partial charge in [-0.1, -0.05) is 4.98 Å². The fourth-order valence-electron chi connectivity index (χ4n) is 2.65. The van der Waals surface area contributed by atoms with Crippen LogP contribution in [-0.2, 0) is 28.7 Å². The number of benzene rings is 1. The molecule has 29 heavy (non-hydrogen) atoms. The summed E-state index contributed by atoms with van der Waals surface area (Å²) >= 11 is 0. The van der Waals surface area contributed by atoms with Crippen molar-refractivity contribution in [2.24, 2.45) is 14.1 Å². The van der Waals surface area contributed by atoms with Gasteiger partial charge in [0.2, 0.25) is 21.7 Å². The van der Waals surface area contributed by atoms with Gasteiger partial charge < -0.3 is 15.6 Å². The van der Waals surface area contributed by atoms with Crippen LogP contribution in [0.1, 0.15) is 11.4 Å². The molecule has 0 unspecified atom stereocenters. The molecule has 0 aliphatic rings. The van der Waals surface area contributed by atoms with Crippen LogP contribution < -0.4 is 25.9 Å². The van der Waals surface area contributed by atoms with Crippen LogP contribution in [0.5, 0.6) is 0 Å². The van der Waals surface area contributed by atoms with E-state index >= 15 is 0 Å². The number of aromatic nitrogens is 3. The van der Waals surface area contributed by atoms with Crippen molar-refractivity contribution in [3.8, 4) is 0 Å². The number of rotatable bonds is 3. The SMILES string of the molecule is COS(=O)(=O)[O-].Cc1cc(Nc2ccc3c(c2)c(N)cc(C)[n+]3C)nc(N)[n+]1C. The highest BCUT2D eigenvalue weighted by atomic mass is 32.3. The molecule has 0 fully saturated rings. The fraction of sp³-hybridized carbons (Fsp3) is 0.278. The Morgan fingerprint density at radius 1 is 1.07 bits per heavy atom. The van der Waals surface area contributed by atoms with Crippen LogP contribution in [0, 0.1) is 13.8 Å². The van der Waals surface area contributed by atoms with Gasteiger partial charge in [-0.05, 0) is 19.1 Å². The van der Waals surface area contributed by atoms with Gasteiger partial charge in [-0.25, -0.2) is 13.0 Å². The Hall–Kier alpha value is -3.02. The number of hydrogen-bond donors (Lipinski definition) is 3. The average molecular weight is 422 g/mol. The highest BCUT2D eigenvalue weighted by Gasteiger charge is 2.14. The van der Waals surface area contributed by atoms with E-state index in [2.05, 4.69) is 25.1 Å². The first-order valence-corrected chi connectivity index (χ1v) is 9.86. The molecule has 0 radical (unpaired) electrons. The van der Waals surface area contributed by atoms with Crippen molar-refractivity contribution in [1.82, 2.24) is 4.98 Å². The van der Waals surface area contributed by atoms with Gasteiger partial charge in [0.15, 0.2) is 5.69 Å². The van der Waals surface area contributed by atoms with Gasteiger partial charge in [-0.15, -0.1) is 0 Å². The van der Waals surface area contributed by atoms with Gasteiger partial charge in [-0.2, -0.15) is 4.57 Å². The molecular weight excluding hydrogens is 396 g/mol. The molecule has 2 aromatic heterocycles. The number of nitrogen functional groups attached to an aromatic ring is 2. The summed E-state index contributed by atoms with van der Waals surface area (Å²) in [6.07, 6.45) is 0. The van der Waals surface area contributed by atoms with E-state index in [1.807, 2.05) is 56.8 Å². The minimum absolute atomic E-state index is 0.467. The van der Waals surface area contributed by atoms with E-state index in [1.54, 1.807) is 0 Å². The lowest BCUT2D eigenvalue weighted by atomic mass is 10.1. The number of anilines is 4. The Morgan fingerprint density at radius 3 is 2.21 bits per heavy atom. The third-order valence-electron chi connectivity index (χ3n) is 4.49. The Bertz CT molecular complexity index is 1140. The minimum atomic E-state index is -4.41. The molecular formula is C18H25N6O4S+. The molecule has 11 heteroatoms. The molecule has 3 aromatic rings. The lowest BCUT2D eigenvalue weighted by molar-refractivity contribution is -0.665. The Balaban J connectivity index is 0.000000438. The predicted molar refractivity (Wildman–Crippen MR) is 109 cm³/mol. The van der Waals surface area contributed by atoms with Crippen molar-refractivity contribution in [1.29, 1.82) is 0 Å². The van der Waals surface area contributed by atoms with Gasteiger partial charge in [0.25, 0.3) is 0 Å². The van der Waals surface area contributed by atoms with E-state index in [-0.39, 0.29) is 0 Å². The zero-order valence-electron chi connectivity index (χ0n) is 16.9. The largest absolute Gasteiger partial charge is 0.726 e. The second kappa shape index (κ2) is 8.55. The molecule has 1 aromatic carbocycles. The molecule has 0 amide bonds. The van der Waals surface area contributed by atoms with Crippen LogP contribution in [0.15, 0.2) is 30.3 Å². The smallest absolute Gasteiger partial charge is 0.391 e. The van der Waals surface area contributed by atoms with Crippen molar-refractivity contribution >= 4 is 44.4 Å². The van der Waals surface area contributed by atoms with Crippen molar-refractivity contribution in [2.75, 3.05) is 23.9 Å². The van der Waals surface area contributed by atoms with E-state index in [4.69, 9.17) is 11.5 Å². The summed E-state index contributed by atoms with van der Waals surface area (Å²) in [6.45, 7) is 4.03. The number of pyridine rings is 1. The minimum Gasteiger partial charge on any atom is -0.726 e. The van der Waals surface area contributed by atoms with Crippen LogP contribution in [0.2, 0.25) is 0 Å². The van der Waals surface area contributed by atoms with Crippen LogP contribution in [-0.4, -0.2) is 25.1 Å². The highest BCUT2D eigenvalue weighted by molar-refractivity contribution is 7.80. The summed E-state index contributed by atoms with van der Waals surface area (Å²) in [5, 5.41) is 4.31. The van der Waals surface area contributed by atoms with E-state index in [0.29, 0.717) is 11.8 Å². The van der Waals surface area contributed by atoms with Crippen LogP contribution in [0.4, 0.5) is 23.1 Å². The Kier molecular flexibility index (Phi) is 6.57. The second-order valence-electron chi connectivity index (χ2n) is 6.43. The molecule has 10 nitrogen and oxygen atoms in total. The molecule has 0 atom stereocenters. The second-order valence-corrected chi connectivity index (χ2v) is 7.58. The summed E-state index contributed by atoms with van der Waals surface area (Å²) in [5.74, 6) is 1.18. The normalized spacial score (nSPS) is 11.1. The van der Waals surface area contributed by atoms with E-state index in [9.17, 15) is 13.0 Å². The Morgan fingerprint density at radius 2 is 1.66 bits per heavy atom. The van der Waals surface area contributed by atoms with E-state index in [0.717, 1.165) is 40.8 Å². The molecule has 0 saturated heterocycles. The third kappa shape index (κ3) is 5.50. The van der Waals surface area contributed by atoms with Crippen LogP contribution >= 0.6 is 0 Å². The maximum atomic E-state index is 9.22. The zero-order chi connectivity index (χ0) is 21.9. The number of nitrogens with one attached hydrogen (secondary N) is 1. The van der Waals surface area contributed by atoms with Gasteiger partial charge in [0.1, 0.15) is 7.05 Å².